The number of nitrogens with one attached hydrogen (secondary N) is 1. The molecule has 18 heavy (non-hydrogen) atoms. The molecule has 0 aliphatic carbocycles. The summed E-state index contributed by atoms with van der Waals surface area (Å²) in [5, 5.41) is 2.18. The van der Waals surface area contributed by atoms with Crippen LogP contribution < -0.4 is 5.32 Å². The van der Waals surface area contributed by atoms with Crippen LogP contribution >= 0.6 is 0 Å². The van der Waals surface area contributed by atoms with Crippen LogP contribution in [0.3, 0.4) is 0 Å². The van der Waals surface area contributed by atoms with Crippen molar-refractivity contribution in [2.45, 2.75) is 20.3 Å². The maximum Gasteiger partial charge on any atom is 0.330 e. The molecule has 1 aliphatic heterocycles. The largest absolute Gasteiger partial charge is 0.330 e. The van der Waals surface area contributed by atoms with Crippen molar-refractivity contribution in [3.8, 4) is 0 Å². The lowest BCUT2D eigenvalue weighted by Gasteiger charge is -2.31. The van der Waals surface area contributed by atoms with Crippen LogP contribution in [0, 0.1) is 11.8 Å². The molecule has 1 fully saturated rings. The molecule has 0 saturated carbocycles. The Bertz CT molecular complexity index is 395. The number of nitrogens with zero attached hydrogens (tertiary/aromatic N) is 1. The number of rotatable bonds is 5. The van der Waals surface area contributed by atoms with Gasteiger partial charge in [0.1, 0.15) is 5.92 Å². The summed E-state index contributed by atoms with van der Waals surface area (Å²) in [6.45, 7) is 3.72. The van der Waals surface area contributed by atoms with Gasteiger partial charge in [-0.2, -0.15) is 0 Å². The molecular weight excluding hydrogens is 256 g/mol. The first-order valence-corrected chi connectivity index (χ1v) is 7.53. The number of hydrogen-bond acceptors (Lipinski definition) is 4. The first-order valence-electron chi connectivity index (χ1n) is 5.80. The van der Waals surface area contributed by atoms with Gasteiger partial charge in [0.25, 0.3) is 0 Å². The number of barbiturate groups is 1. The fourth-order valence-electron chi connectivity index (χ4n) is 1.86. The Balaban J connectivity index is 2.71. The number of amides is 4. The Morgan fingerprint density at radius 3 is 2.44 bits per heavy atom. The van der Waals surface area contributed by atoms with E-state index in [4.69, 9.17) is 0 Å². The molecule has 1 heterocycles. The minimum atomic E-state index is -0.954. The van der Waals surface area contributed by atoms with E-state index in [9.17, 15) is 18.6 Å². The summed E-state index contributed by atoms with van der Waals surface area (Å²) < 4.78 is 10.9. The minimum Gasteiger partial charge on any atom is -0.277 e. The van der Waals surface area contributed by atoms with E-state index in [1.165, 1.54) is 0 Å². The maximum absolute atomic E-state index is 12.0. The normalized spacial score (nSPS) is 22.3. The van der Waals surface area contributed by atoms with Crippen LogP contribution in [0.1, 0.15) is 20.3 Å². The molecule has 4 amide bonds. The molecule has 7 heteroatoms. The third-order valence-corrected chi connectivity index (χ3v) is 3.63. The molecule has 0 aromatic rings. The monoisotopic (exact) mass is 274 g/mol. The van der Waals surface area contributed by atoms with Gasteiger partial charge in [-0.15, -0.1) is 0 Å². The lowest BCUT2D eigenvalue weighted by molar-refractivity contribution is -0.144. The van der Waals surface area contributed by atoms with Gasteiger partial charge in [0.05, 0.1) is 0 Å². The predicted molar refractivity (Wildman–Crippen MR) is 67.1 cm³/mol. The van der Waals surface area contributed by atoms with Crippen molar-refractivity contribution in [3.05, 3.63) is 0 Å². The molecule has 0 spiro atoms. The molecule has 1 rings (SSSR count). The van der Waals surface area contributed by atoms with Crippen molar-refractivity contribution < 1.29 is 18.6 Å². The lowest BCUT2D eigenvalue weighted by Crippen LogP contribution is -2.59. The van der Waals surface area contributed by atoms with Crippen LogP contribution in [0.4, 0.5) is 4.79 Å². The van der Waals surface area contributed by atoms with Crippen LogP contribution in [0.5, 0.6) is 0 Å². The van der Waals surface area contributed by atoms with E-state index >= 15 is 0 Å². The molecule has 2 atom stereocenters. The van der Waals surface area contributed by atoms with Gasteiger partial charge in [0.2, 0.25) is 11.8 Å². The van der Waals surface area contributed by atoms with Crippen molar-refractivity contribution in [1.82, 2.24) is 10.2 Å². The van der Waals surface area contributed by atoms with E-state index in [1.54, 1.807) is 20.1 Å². The highest BCUT2D eigenvalue weighted by atomic mass is 32.2. The SMILES string of the molecule is CC(C)C1C(=O)NC(=O)N(CCCS(C)=O)C1=O. The lowest BCUT2D eigenvalue weighted by atomic mass is 9.92. The summed E-state index contributed by atoms with van der Waals surface area (Å²) in [6.07, 6.45) is 2.04. The van der Waals surface area contributed by atoms with Crippen molar-refractivity contribution in [3.63, 3.8) is 0 Å². The third kappa shape index (κ3) is 3.38. The van der Waals surface area contributed by atoms with Crippen molar-refractivity contribution in [2.75, 3.05) is 18.6 Å². The standard InChI is InChI=1S/C11H18N2O4S/c1-7(2)8-9(14)12-11(16)13(10(8)15)5-4-6-18(3)17/h7-8H,4-6H2,1-3H3,(H,12,14,16). The average Bonchev–Trinajstić information content (AvgIpc) is 2.21. The Morgan fingerprint density at radius 1 is 1.33 bits per heavy atom. The molecule has 0 radical (unpaired) electrons. The zero-order chi connectivity index (χ0) is 13.9. The van der Waals surface area contributed by atoms with E-state index in [0.29, 0.717) is 12.2 Å². The van der Waals surface area contributed by atoms with Gasteiger partial charge < -0.3 is 0 Å². The Morgan fingerprint density at radius 2 is 1.94 bits per heavy atom. The van der Waals surface area contributed by atoms with E-state index < -0.39 is 34.6 Å². The highest BCUT2D eigenvalue weighted by Crippen LogP contribution is 2.18. The average molecular weight is 274 g/mol. The molecule has 102 valence electrons. The van der Waals surface area contributed by atoms with Crippen molar-refractivity contribution in [1.29, 1.82) is 0 Å². The molecule has 1 saturated heterocycles. The number of carbonyl (C=O) groups excluding carboxylic acids is 3. The van der Waals surface area contributed by atoms with Crippen LogP contribution in [0.15, 0.2) is 0 Å². The zero-order valence-electron chi connectivity index (χ0n) is 10.8. The molecule has 0 aromatic heterocycles. The summed E-state index contributed by atoms with van der Waals surface area (Å²) in [5.74, 6) is -1.53. The molecule has 0 bridgehead atoms. The van der Waals surface area contributed by atoms with E-state index in [0.717, 1.165) is 4.90 Å². The summed E-state index contributed by atoms with van der Waals surface area (Å²) in [4.78, 5) is 36.2. The Labute approximate surface area is 109 Å². The number of hydrogen-bond donors (Lipinski definition) is 1. The first-order chi connectivity index (χ1) is 8.34. The third-order valence-electron chi connectivity index (χ3n) is 2.77. The molecule has 1 aliphatic rings. The fourth-order valence-corrected chi connectivity index (χ4v) is 2.39. The summed E-state index contributed by atoms with van der Waals surface area (Å²) in [5.41, 5.74) is 0. The summed E-state index contributed by atoms with van der Waals surface area (Å²) in [7, 11) is -0.954. The topological polar surface area (TPSA) is 83.6 Å². The second-order valence-corrected chi connectivity index (χ2v) is 6.19. The van der Waals surface area contributed by atoms with Crippen LogP contribution in [0.25, 0.3) is 0 Å². The molecule has 2 unspecified atom stereocenters. The van der Waals surface area contributed by atoms with Crippen LogP contribution in [-0.4, -0.2) is 45.5 Å². The second-order valence-electron chi connectivity index (χ2n) is 4.64. The second kappa shape index (κ2) is 6.08. The number of urea groups is 1. The van der Waals surface area contributed by atoms with Crippen LogP contribution in [-0.2, 0) is 20.4 Å². The first kappa shape index (κ1) is 14.8. The summed E-state index contributed by atoms with van der Waals surface area (Å²) in [6, 6.07) is -0.677. The smallest absolute Gasteiger partial charge is 0.277 e. The Hall–Kier alpha value is -1.24. The summed E-state index contributed by atoms with van der Waals surface area (Å²) >= 11 is 0. The molecular formula is C11H18N2O4S. The van der Waals surface area contributed by atoms with Crippen LogP contribution in [0.2, 0.25) is 0 Å². The zero-order valence-corrected chi connectivity index (χ0v) is 11.6. The van der Waals surface area contributed by atoms with Gasteiger partial charge >= 0.3 is 6.03 Å². The minimum absolute atomic E-state index is 0.159. The van der Waals surface area contributed by atoms with Gasteiger partial charge in [-0.1, -0.05) is 13.8 Å². The van der Waals surface area contributed by atoms with Gasteiger partial charge in [0, 0.05) is 29.4 Å². The van der Waals surface area contributed by atoms with E-state index in [1.807, 2.05) is 0 Å². The van der Waals surface area contributed by atoms with E-state index in [-0.39, 0.29) is 12.5 Å². The maximum atomic E-state index is 12.0. The van der Waals surface area contributed by atoms with Gasteiger partial charge in [0.15, 0.2) is 0 Å². The van der Waals surface area contributed by atoms with Crippen molar-refractivity contribution in [2.24, 2.45) is 11.8 Å². The number of carbonyl (C=O) groups is 3. The van der Waals surface area contributed by atoms with Gasteiger partial charge in [-0.25, -0.2) is 4.79 Å². The van der Waals surface area contributed by atoms with Crippen molar-refractivity contribution >= 4 is 28.6 Å². The molecule has 0 aromatic carbocycles. The molecule has 6 nitrogen and oxygen atoms in total. The predicted octanol–water partition coefficient (Wildman–Crippen LogP) is 0.106. The highest BCUT2D eigenvalue weighted by Gasteiger charge is 2.41. The number of imide groups is 2. The van der Waals surface area contributed by atoms with Gasteiger partial charge in [-0.3, -0.25) is 24.0 Å². The quantitative estimate of drug-likeness (QED) is 0.721. The fraction of sp³-hybridized carbons (Fsp3) is 0.727. The highest BCUT2D eigenvalue weighted by molar-refractivity contribution is 7.84. The van der Waals surface area contributed by atoms with E-state index in [2.05, 4.69) is 5.32 Å². The van der Waals surface area contributed by atoms with Gasteiger partial charge in [-0.05, 0) is 12.3 Å². The molecule has 1 N–H and O–H groups in total. The Kier molecular flexibility index (Phi) is 5.01.